The van der Waals surface area contributed by atoms with Gasteiger partial charge in [-0.1, -0.05) is 6.92 Å². The fourth-order valence-corrected chi connectivity index (χ4v) is 1.77. The molecule has 0 saturated heterocycles. The Hall–Kier alpha value is -1.83. The van der Waals surface area contributed by atoms with E-state index < -0.39 is 28.8 Å². The van der Waals surface area contributed by atoms with Crippen LogP contribution in [0, 0.1) is 0 Å². The third kappa shape index (κ3) is 5.70. The van der Waals surface area contributed by atoms with Crippen molar-refractivity contribution in [2.45, 2.75) is 44.9 Å². The molecule has 1 rings (SSSR count). The molecule has 1 atom stereocenters. The van der Waals surface area contributed by atoms with Crippen LogP contribution in [0.25, 0.3) is 0 Å². The minimum absolute atomic E-state index is 0.0940. The van der Waals surface area contributed by atoms with E-state index >= 15 is 0 Å². The molecule has 1 amide bonds. The molecule has 0 aromatic carbocycles. The van der Waals surface area contributed by atoms with Crippen LogP contribution in [-0.2, 0) is 16.3 Å². The number of carbonyl (C=O) groups excluding carboxylic acids is 1. The first-order valence-electron chi connectivity index (χ1n) is 7.08. The molecule has 0 radical (unpaired) electrons. The van der Waals surface area contributed by atoms with Gasteiger partial charge in [-0.05, 0) is 32.9 Å². The molecule has 0 aliphatic heterocycles. The zero-order valence-electron chi connectivity index (χ0n) is 13.6. The Morgan fingerprint density at radius 3 is 2.26 bits per heavy atom. The van der Waals surface area contributed by atoms with Gasteiger partial charge in [-0.25, -0.2) is 4.79 Å². The van der Waals surface area contributed by atoms with E-state index in [4.69, 9.17) is 10.5 Å². The summed E-state index contributed by atoms with van der Waals surface area (Å²) in [5, 5.41) is 2.57. The van der Waals surface area contributed by atoms with E-state index in [1.54, 1.807) is 27.7 Å². The lowest BCUT2D eigenvalue weighted by molar-refractivity contribution is -0.137. The van der Waals surface area contributed by atoms with Crippen molar-refractivity contribution in [1.29, 1.82) is 0 Å². The number of ether oxygens (including phenoxy) is 1. The fraction of sp³-hybridized carbons (Fsp3) is 0.600. The highest BCUT2D eigenvalue weighted by atomic mass is 19.4. The highest BCUT2D eigenvalue weighted by Gasteiger charge is 2.33. The van der Waals surface area contributed by atoms with Crippen LogP contribution in [0.15, 0.2) is 18.3 Å². The number of amides is 1. The van der Waals surface area contributed by atoms with Crippen molar-refractivity contribution in [2.75, 3.05) is 13.1 Å². The highest BCUT2D eigenvalue weighted by molar-refractivity contribution is 5.67. The van der Waals surface area contributed by atoms with Crippen molar-refractivity contribution in [2.24, 2.45) is 5.73 Å². The molecule has 1 heterocycles. The monoisotopic (exact) mass is 333 g/mol. The van der Waals surface area contributed by atoms with E-state index in [1.165, 1.54) is 6.07 Å². The van der Waals surface area contributed by atoms with Crippen LogP contribution in [0.5, 0.6) is 0 Å². The number of rotatable bonds is 4. The van der Waals surface area contributed by atoms with Gasteiger partial charge in [0.1, 0.15) is 5.60 Å². The zero-order chi connectivity index (χ0) is 17.9. The smallest absolute Gasteiger partial charge is 0.417 e. The van der Waals surface area contributed by atoms with Gasteiger partial charge in [0.25, 0.3) is 0 Å². The summed E-state index contributed by atoms with van der Waals surface area (Å²) in [7, 11) is 0. The molecular weight excluding hydrogens is 311 g/mol. The Morgan fingerprint density at radius 2 is 1.87 bits per heavy atom. The van der Waals surface area contributed by atoms with Gasteiger partial charge in [0.05, 0.1) is 5.56 Å². The first kappa shape index (κ1) is 19.2. The molecule has 1 unspecified atom stereocenters. The first-order chi connectivity index (χ1) is 10.4. The lowest BCUT2D eigenvalue weighted by Crippen LogP contribution is -2.45. The van der Waals surface area contributed by atoms with Crippen LogP contribution in [0.3, 0.4) is 0 Å². The maximum Gasteiger partial charge on any atom is 0.417 e. The molecule has 1 aromatic heterocycles. The number of alkyl carbamates (subject to hydrolysis) is 1. The molecule has 1 aromatic rings. The van der Waals surface area contributed by atoms with Crippen molar-refractivity contribution in [3.8, 4) is 0 Å². The molecule has 8 heteroatoms. The SMILES string of the molecule is CC(C)(C)OC(=O)NCC(C)(CN)c1ccc(C(F)(F)F)cn1. The second-order valence-corrected chi connectivity index (χ2v) is 6.55. The van der Waals surface area contributed by atoms with Gasteiger partial charge < -0.3 is 15.8 Å². The Morgan fingerprint density at radius 1 is 1.26 bits per heavy atom. The van der Waals surface area contributed by atoms with Crippen LogP contribution in [0.2, 0.25) is 0 Å². The maximum absolute atomic E-state index is 12.6. The van der Waals surface area contributed by atoms with E-state index in [2.05, 4.69) is 10.3 Å². The first-order valence-corrected chi connectivity index (χ1v) is 7.08. The van der Waals surface area contributed by atoms with Gasteiger partial charge >= 0.3 is 12.3 Å². The predicted octanol–water partition coefficient (Wildman–Crippen LogP) is 2.84. The molecule has 0 aliphatic rings. The summed E-state index contributed by atoms with van der Waals surface area (Å²) in [5.74, 6) is 0. The number of alkyl halides is 3. The van der Waals surface area contributed by atoms with E-state index in [9.17, 15) is 18.0 Å². The van der Waals surface area contributed by atoms with E-state index in [1.807, 2.05) is 0 Å². The Labute approximate surface area is 133 Å². The molecule has 0 fully saturated rings. The van der Waals surface area contributed by atoms with Crippen molar-refractivity contribution >= 4 is 6.09 Å². The Bertz CT molecular complexity index is 538. The number of carbonyl (C=O) groups is 1. The molecule has 5 nitrogen and oxygen atoms in total. The molecule has 3 N–H and O–H groups in total. The maximum atomic E-state index is 12.6. The Balaban J connectivity index is 2.83. The predicted molar refractivity (Wildman–Crippen MR) is 79.9 cm³/mol. The van der Waals surface area contributed by atoms with Crippen LogP contribution >= 0.6 is 0 Å². The lowest BCUT2D eigenvalue weighted by Gasteiger charge is -2.29. The van der Waals surface area contributed by atoms with Crippen molar-refractivity contribution in [1.82, 2.24) is 10.3 Å². The standard InChI is InChI=1S/C15H22F3N3O2/c1-13(2,3)23-12(22)21-9-14(4,8-19)11-6-5-10(7-20-11)15(16,17)18/h5-7H,8-9,19H2,1-4H3,(H,21,22). The molecule has 23 heavy (non-hydrogen) atoms. The van der Waals surface area contributed by atoms with Crippen LogP contribution in [0.1, 0.15) is 39.0 Å². The van der Waals surface area contributed by atoms with Gasteiger partial charge in [0, 0.05) is 30.4 Å². The Kier molecular flexibility index (Phi) is 5.63. The largest absolute Gasteiger partial charge is 0.444 e. The van der Waals surface area contributed by atoms with Gasteiger partial charge in [0.15, 0.2) is 0 Å². The summed E-state index contributed by atoms with van der Waals surface area (Å²) in [6.45, 7) is 7.09. The summed E-state index contributed by atoms with van der Waals surface area (Å²) in [5.41, 5.74) is 3.81. The molecular formula is C15H22F3N3O2. The summed E-state index contributed by atoms with van der Waals surface area (Å²) < 4.78 is 42.8. The number of pyridine rings is 1. The van der Waals surface area contributed by atoms with Crippen molar-refractivity contribution < 1.29 is 22.7 Å². The topological polar surface area (TPSA) is 77.2 Å². The lowest BCUT2D eigenvalue weighted by atomic mass is 9.86. The van der Waals surface area contributed by atoms with E-state index in [-0.39, 0.29) is 13.1 Å². The van der Waals surface area contributed by atoms with E-state index in [0.717, 1.165) is 12.3 Å². The van der Waals surface area contributed by atoms with Crippen molar-refractivity contribution in [3.63, 3.8) is 0 Å². The van der Waals surface area contributed by atoms with E-state index in [0.29, 0.717) is 5.69 Å². The molecule has 0 saturated carbocycles. The normalized spacial score (nSPS) is 15.0. The zero-order valence-corrected chi connectivity index (χ0v) is 13.6. The highest BCUT2D eigenvalue weighted by Crippen LogP contribution is 2.30. The number of nitrogens with zero attached hydrogens (tertiary/aromatic N) is 1. The minimum atomic E-state index is -4.45. The molecule has 130 valence electrons. The number of nitrogens with one attached hydrogen (secondary N) is 1. The number of halogens is 3. The fourth-order valence-electron chi connectivity index (χ4n) is 1.77. The average Bonchev–Trinajstić information content (AvgIpc) is 2.42. The van der Waals surface area contributed by atoms with Gasteiger partial charge in [0.2, 0.25) is 0 Å². The molecule has 0 bridgehead atoms. The number of hydrogen-bond acceptors (Lipinski definition) is 4. The van der Waals surface area contributed by atoms with Crippen molar-refractivity contribution in [3.05, 3.63) is 29.6 Å². The van der Waals surface area contributed by atoms with Gasteiger partial charge in [-0.15, -0.1) is 0 Å². The van der Waals surface area contributed by atoms with Crippen LogP contribution < -0.4 is 11.1 Å². The summed E-state index contributed by atoms with van der Waals surface area (Å²) in [6, 6.07) is 2.22. The van der Waals surface area contributed by atoms with Gasteiger partial charge in [-0.2, -0.15) is 13.2 Å². The number of nitrogens with two attached hydrogens (primary N) is 1. The summed E-state index contributed by atoms with van der Waals surface area (Å²) >= 11 is 0. The third-order valence-corrected chi connectivity index (χ3v) is 3.18. The van der Waals surface area contributed by atoms with Crippen LogP contribution in [0.4, 0.5) is 18.0 Å². The number of hydrogen-bond donors (Lipinski definition) is 2. The van der Waals surface area contributed by atoms with Gasteiger partial charge in [-0.3, -0.25) is 4.98 Å². The number of aromatic nitrogens is 1. The quantitative estimate of drug-likeness (QED) is 0.888. The molecule has 0 spiro atoms. The summed E-state index contributed by atoms with van der Waals surface area (Å²) in [6.07, 6.45) is -4.31. The second-order valence-electron chi connectivity index (χ2n) is 6.55. The summed E-state index contributed by atoms with van der Waals surface area (Å²) in [4.78, 5) is 15.5. The van der Waals surface area contributed by atoms with Crippen LogP contribution in [-0.4, -0.2) is 29.8 Å². The third-order valence-electron chi connectivity index (χ3n) is 3.18. The second kappa shape index (κ2) is 6.74. The average molecular weight is 333 g/mol. The minimum Gasteiger partial charge on any atom is -0.444 e. The molecule has 0 aliphatic carbocycles.